The molecule has 0 radical (unpaired) electrons. The fourth-order valence-corrected chi connectivity index (χ4v) is 3.87. The van der Waals surface area contributed by atoms with Gasteiger partial charge in [-0.05, 0) is 42.7 Å². The van der Waals surface area contributed by atoms with Crippen molar-refractivity contribution in [2.45, 2.75) is 44.8 Å². The van der Waals surface area contributed by atoms with Gasteiger partial charge < -0.3 is 0 Å². The van der Waals surface area contributed by atoms with Crippen LogP contribution in [0.5, 0.6) is 0 Å². The van der Waals surface area contributed by atoms with Gasteiger partial charge in [0.2, 0.25) is 0 Å². The van der Waals surface area contributed by atoms with Crippen molar-refractivity contribution in [3.63, 3.8) is 0 Å². The number of nitrogens with zero attached hydrogens (tertiary/aromatic N) is 1. The van der Waals surface area contributed by atoms with Gasteiger partial charge in [-0.15, -0.1) is 0 Å². The van der Waals surface area contributed by atoms with Crippen molar-refractivity contribution < 1.29 is 0 Å². The van der Waals surface area contributed by atoms with Crippen LogP contribution in [0.15, 0.2) is 60.7 Å². The lowest BCUT2D eigenvalue weighted by molar-refractivity contribution is 0.120. The molecule has 2 aromatic carbocycles. The summed E-state index contributed by atoms with van der Waals surface area (Å²) in [6.45, 7) is 3.00. The highest BCUT2D eigenvalue weighted by atomic mass is 15.5. The van der Waals surface area contributed by atoms with E-state index in [9.17, 15) is 0 Å². The highest BCUT2D eigenvalue weighted by Gasteiger charge is 2.26. The minimum absolute atomic E-state index is 0.655. The number of rotatable bonds is 8. The lowest BCUT2D eigenvalue weighted by atomic mass is 9.85. The Hall–Kier alpha value is -1.72. The van der Waals surface area contributed by atoms with Gasteiger partial charge in [-0.1, -0.05) is 60.7 Å². The van der Waals surface area contributed by atoms with Gasteiger partial charge >= 0.3 is 0 Å². The van der Waals surface area contributed by atoms with Crippen LogP contribution in [0.3, 0.4) is 0 Å². The second-order valence-corrected chi connectivity index (χ2v) is 7.08. The van der Waals surface area contributed by atoms with Gasteiger partial charge in [0.15, 0.2) is 0 Å². The molecule has 4 nitrogen and oxygen atoms in total. The van der Waals surface area contributed by atoms with E-state index in [0.717, 1.165) is 25.6 Å². The van der Waals surface area contributed by atoms with Crippen molar-refractivity contribution in [2.75, 3.05) is 6.54 Å². The molecule has 0 bridgehead atoms. The Balaban J connectivity index is 1.64. The Labute approximate surface area is 151 Å². The number of hydrogen-bond donors (Lipinski definition) is 3. The summed E-state index contributed by atoms with van der Waals surface area (Å²) in [6.07, 6.45) is 5.05. The summed E-state index contributed by atoms with van der Waals surface area (Å²) in [6, 6.07) is 22.3. The summed E-state index contributed by atoms with van der Waals surface area (Å²) in [5, 5.41) is 0. The smallest absolute Gasteiger partial charge is 0.0240 e. The van der Waals surface area contributed by atoms with Crippen molar-refractivity contribution in [1.29, 1.82) is 0 Å². The molecule has 0 spiro atoms. The van der Waals surface area contributed by atoms with Crippen molar-refractivity contribution in [2.24, 2.45) is 11.8 Å². The first-order chi connectivity index (χ1) is 12.3. The SMILES string of the molecule is NNNCC1CCC(N(Cc2ccccc2)Cc2ccccc2)CC1. The summed E-state index contributed by atoms with van der Waals surface area (Å²) >= 11 is 0. The molecule has 4 N–H and O–H groups in total. The van der Waals surface area contributed by atoms with Crippen LogP contribution in [0.1, 0.15) is 36.8 Å². The molecule has 1 aliphatic carbocycles. The van der Waals surface area contributed by atoms with E-state index >= 15 is 0 Å². The van der Waals surface area contributed by atoms with Crippen molar-refractivity contribution >= 4 is 0 Å². The molecule has 4 heteroatoms. The fourth-order valence-electron chi connectivity index (χ4n) is 3.87. The molecule has 1 fully saturated rings. The average molecular weight is 338 g/mol. The largest absolute Gasteiger partial charge is 0.292 e. The van der Waals surface area contributed by atoms with Gasteiger partial charge in [0, 0.05) is 25.7 Å². The van der Waals surface area contributed by atoms with Crippen LogP contribution in [0.25, 0.3) is 0 Å². The van der Waals surface area contributed by atoms with Crippen molar-refractivity contribution in [3.05, 3.63) is 71.8 Å². The molecular weight excluding hydrogens is 308 g/mol. The summed E-state index contributed by atoms with van der Waals surface area (Å²) in [7, 11) is 0. The van der Waals surface area contributed by atoms with Crippen LogP contribution in [-0.4, -0.2) is 17.5 Å². The summed E-state index contributed by atoms with van der Waals surface area (Å²) in [5.41, 5.74) is 8.41. The van der Waals surface area contributed by atoms with Gasteiger partial charge in [0.1, 0.15) is 0 Å². The molecule has 2 aromatic rings. The number of hydrazine groups is 2. The molecule has 0 atom stereocenters. The zero-order valence-electron chi connectivity index (χ0n) is 14.9. The van der Waals surface area contributed by atoms with Crippen LogP contribution in [0, 0.1) is 5.92 Å². The maximum absolute atomic E-state index is 5.32. The molecule has 0 aliphatic heterocycles. The first-order valence-corrected chi connectivity index (χ1v) is 9.35. The van der Waals surface area contributed by atoms with Gasteiger partial charge in [0.05, 0.1) is 0 Å². The van der Waals surface area contributed by atoms with E-state index < -0.39 is 0 Å². The minimum Gasteiger partial charge on any atom is -0.292 e. The van der Waals surface area contributed by atoms with Crippen LogP contribution in [0.4, 0.5) is 0 Å². The monoisotopic (exact) mass is 338 g/mol. The van der Waals surface area contributed by atoms with E-state index in [1.54, 1.807) is 0 Å². The zero-order valence-corrected chi connectivity index (χ0v) is 14.9. The molecule has 1 aliphatic rings. The first kappa shape index (κ1) is 18.1. The predicted octanol–water partition coefficient (Wildman–Crippen LogP) is 3.22. The molecule has 0 heterocycles. The number of hydrogen-bond acceptors (Lipinski definition) is 4. The minimum atomic E-state index is 0.655. The summed E-state index contributed by atoms with van der Waals surface area (Å²) < 4.78 is 0. The lowest BCUT2D eigenvalue weighted by Crippen LogP contribution is -2.43. The Morgan fingerprint density at radius 3 is 1.80 bits per heavy atom. The molecule has 1 saturated carbocycles. The number of benzene rings is 2. The standard InChI is InChI=1S/C21H30N4/c22-24-23-15-18-11-13-21(14-12-18)25(16-19-7-3-1-4-8-19)17-20-9-5-2-6-10-20/h1-10,18,21,23-24H,11-17,22H2. The maximum atomic E-state index is 5.32. The highest BCUT2D eigenvalue weighted by Crippen LogP contribution is 2.29. The normalized spacial score (nSPS) is 20.7. The molecule has 0 unspecified atom stereocenters. The van der Waals surface area contributed by atoms with Crippen molar-refractivity contribution in [1.82, 2.24) is 15.9 Å². The highest BCUT2D eigenvalue weighted by molar-refractivity contribution is 5.17. The Bertz CT molecular complexity index is 552. The van der Waals surface area contributed by atoms with Crippen LogP contribution < -0.4 is 16.8 Å². The van der Waals surface area contributed by atoms with Gasteiger partial charge in [-0.2, -0.15) is 5.53 Å². The molecule has 0 saturated heterocycles. The molecule has 3 rings (SSSR count). The Kier molecular flexibility index (Phi) is 7.00. The van der Waals surface area contributed by atoms with E-state index in [0.29, 0.717) is 6.04 Å². The predicted molar refractivity (Wildman–Crippen MR) is 103 cm³/mol. The summed E-state index contributed by atoms with van der Waals surface area (Å²) in [5.74, 6) is 6.05. The van der Waals surface area contributed by atoms with Crippen LogP contribution in [0.2, 0.25) is 0 Å². The summed E-state index contributed by atoms with van der Waals surface area (Å²) in [4.78, 5) is 2.66. The molecule has 0 amide bonds. The maximum Gasteiger partial charge on any atom is 0.0240 e. The van der Waals surface area contributed by atoms with E-state index in [-0.39, 0.29) is 0 Å². The third-order valence-corrected chi connectivity index (χ3v) is 5.28. The Morgan fingerprint density at radius 1 is 0.800 bits per heavy atom. The van der Waals surface area contributed by atoms with Gasteiger partial charge in [0.25, 0.3) is 0 Å². The van der Waals surface area contributed by atoms with Crippen molar-refractivity contribution in [3.8, 4) is 0 Å². The van der Waals surface area contributed by atoms with Crippen LogP contribution >= 0.6 is 0 Å². The number of nitrogens with two attached hydrogens (primary N) is 1. The van der Waals surface area contributed by atoms with E-state index in [1.807, 2.05) is 0 Å². The topological polar surface area (TPSA) is 53.3 Å². The molecular formula is C21H30N4. The molecule has 25 heavy (non-hydrogen) atoms. The fraction of sp³-hybridized carbons (Fsp3) is 0.429. The van der Waals surface area contributed by atoms with Gasteiger partial charge in [-0.25, -0.2) is 5.43 Å². The zero-order chi connectivity index (χ0) is 17.3. The quantitative estimate of drug-likeness (QED) is 0.511. The first-order valence-electron chi connectivity index (χ1n) is 9.35. The molecule has 134 valence electrons. The third-order valence-electron chi connectivity index (χ3n) is 5.28. The van der Waals surface area contributed by atoms with E-state index in [1.165, 1.54) is 36.8 Å². The average Bonchev–Trinajstić information content (AvgIpc) is 2.68. The van der Waals surface area contributed by atoms with E-state index in [4.69, 9.17) is 5.84 Å². The second kappa shape index (κ2) is 9.68. The lowest BCUT2D eigenvalue weighted by Gasteiger charge is -2.37. The molecule has 0 aromatic heterocycles. The number of nitrogens with one attached hydrogen (secondary N) is 2. The van der Waals surface area contributed by atoms with Gasteiger partial charge in [-0.3, -0.25) is 10.7 Å². The van der Waals surface area contributed by atoms with Crippen LogP contribution in [-0.2, 0) is 13.1 Å². The van der Waals surface area contributed by atoms with E-state index in [2.05, 4.69) is 76.5 Å². The third kappa shape index (κ3) is 5.65. The Morgan fingerprint density at radius 2 is 1.32 bits per heavy atom. The second-order valence-electron chi connectivity index (χ2n) is 7.08.